The smallest absolute Gasteiger partial charge is 0.335 e. The van der Waals surface area contributed by atoms with Crippen LogP contribution in [0.25, 0.3) is 0 Å². The second kappa shape index (κ2) is 11.8. The summed E-state index contributed by atoms with van der Waals surface area (Å²) in [7, 11) is 1.53. The van der Waals surface area contributed by atoms with Gasteiger partial charge >= 0.3 is 5.97 Å². The van der Waals surface area contributed by atoms with E-state index in [0.29, 0.717) is 23.4 Å². The van der Waals surface area contributed by atoms with E-state index in [4.69, 9.17) is 9.47 Å². The minimum atomic E-state index is -1.43. The molecule has 1 N–H and O–H groups in total. The number of amides is 1. The molecule has 188 valence electrons. The molecule has 3 aliphatic carbocycles. The van der Waals surface area contributed by atoms with Crippen molar-refractivity contribution >= 4 is 11.9 Å². The topological polar surface area (TPSA) is 64.6 Å². The molecule has 1 aromatic rings. The SMILES string of the molecule is COC1=C(NC(=O)c2cc(C3C=CC(F)CC3F)ccc2OC(=O)/C=C/C2C=CC=CC2)C=CCC1. The average Bonchev–Trinajstić information content (AvgIpc) is 2.89. The van der Waals surface area contributed by atoms with E-state index in [2.05, 4.69) is 5.32 Å². The molecule has 0 heterocycles. The number of rotatable bonds is 7. The van der Waals surface area contributed by atoms with Gasteiger partial charge in [0.1, 0.15) is 23.9 Å². The zero-order chi connectivity index (χ0) is 25.5. The standard InChI is InChI=1S/C29H29F2NO4/c1-35-27-10-6-5-9-25(27)32-29(34)23-17-20(22-14-13-21(30)18-24(22)31)12-15-26(23)36-28(33)16-11-19-7-3-2-4-8-19/h2-5,7,9,11-17,19,21-22,24H,6,8,10,18H2,1H3,(H,32,34)/b16-11+. The van der Waals surface area contributed by atoms with Crippen molar-refractivity contribution in [1.82, 2.24) is 5.32 Å². The van der Waals surface area contributed by atoms with Crippen molar-refractivity contribution in [1.29, 1.82) is 0 Å². The normalized spacial score (nSPS) is 25.3. The van der Waals surface area contributed by atoms with Crippen LogP contribution < -0.4 is 10.1 Å². The van der Waals surface area contributed by atoms with Crippen LogP contribution in [0.2, 0.25) is 0 Å². The molecule has 0 radical (unpaired) electrons. The van der Waals surface area contributed by atoms with Crippen molar-refractivity contribution in [3.63, 3.8) is 0 Å². The summed E-state index contributed by atoms with van der Waals surface area (Å²) >= 11 is 0. The summed E-state index contributed by atoms with van der Waals surface area (Å²) < 4.78 is 39.1. The molecule has 0 saturated carbocycles. The molecule has 1 aromatic carbocycles. The molecule has 0 spiro atoms. The first kappa shape index (κ1) is 25.4. The first-order valence-corrected chi connectivity index (χ1v) is 12.0. The number of hydrogen-bond donors (Lipinski definition) is 1. The second-order valence-corrected chi connectivity index (χ2v) is 8.86. The maximum atomic E-state index is 14.6. The molecule has 0 aromatic heterocycles. The zero-order valence-corrected chi connectivity index (χ0v) is 20.0. The summed E-state index contributed by atoms with van der Waals surface area (Å²) in [5.74, 6) is -1.10. The van der Waals surface area contributed by atoms with E-state index in [-0.39, 0.29) is 23.7 Å². The van der Waals surface area contributed by atoms with Crippen LogP contribution >= 0.6 is 0 Å². The Bertz CT molecular complexity index is 1180. The first-order chi connectivity index (χ1) is 17.4. The monoisotopic (exact) mass is 493 g/mol. The number of alkyl halides is 2. The largest absolute Gasteiger partial charge is 0.499 e. The van der Waals surface area contributed by atoms with Gasteiger partial charge in [-0.2, -0.15) is 0 Å². The van der Waals surface area contributed by atoms with Crippen LogP contribution in [0.5, 0.6) is 5.75 Å². The fourth-order valence-corrected chi connectivity index (χ4v) is 4.39. The minimum absolute atomic E-state index is 0.0444. The molecule has 1 amide bonds. The van der Waals surface area contributed by atoms with Crippen molar-refractivity contribution in [2.24, 2.45) is 5.92 Å². The number of methoxy groups -OCH3 is 1. The molecule has 4 unspecified atom stereocenters. The number of esters is 1. The molecule has 5 nitrogen and oxygen atoms in total. The molecule has 36 heavy (non-hydrogen) atoms. The van der Waals surface area contributed by atoms with Gasteiger partial charge in [0, 0.05) is 24.8 Å². The molecular weight excluding hydrogens is 464 g/mol. The minimum Gasteiger partial charge on any atom is -0.499 e. The van der Waals surface area contributed by atoms with Gasteiger partial charge in [-0.15, -0.1) is 0 Å². The van der Waals surface area contributed by atoms with Gasteiger partial charge in [0.15, 0.2) is 0 Å². The molecule has 7 heteroatoms. The Hall–Kier alpha value is -3.74. The Morgan fingerprint density at radius 3 is 2.72 bits per heavy atom. The lowest BCUT2D eigenvalue weighted by molar-refractivity contribution is -0.129. The molecule has 4 atom stereocenters. The predicted molar refractivity (Wildman–Crippen MR) is 134 cm³/mol. The lowest BCUT2D eigenvalue weighted by Crippen LogP contribution is -2.26. The van der Waals surface area contributed by atoms with Crippen LogP contribution in [0.15, 0.2) is 90.4 Å². The molecule has 0 saturated heterocycles. The van der Waals surface area contributed by atoms with Gasteiger partial charge in [0.05, 0.1) is 18.4 Å². The van der Waals surface area contributed by atoms with Crippen molar-refractivity contribution in [3.05, 3.63) is 102 Å². The average molecular weight is 494 g/mol. The predicted octanol–water partition coefficient (Wildman–Crippen LogP) is 5.94. The van der Waals surface area contributed by atoms with Gasteiger partial charge in [-0.1, -0.05) is 54.7 Å². The number of halogens is 2. The van der Waals surface area contributed by atoms with E-state index in [1.165, 1.54) is 37.5 Å². The van der Waals surface area contributed by atoms with Crippen LogP contribution in [-0.2, 0) is 9.53 Å². The van der Waals surface area contributed by atoms with Crippen molar-refractivity contribution in [2.75, 3.05) is 7.11 Å². The Morgan fingerprint density at radius 1 is 1.11 bits per heavy atom. The highest BCUT2D eigenvalue weighted by molar-refractivity contribution is 5.99. The number of carbonyl (C=O) groups excluding carboxylic acids is 2. The van der Waals surface area contributed by atoms with Gasteiger partial charge < -0.3 is 14.8 Å². The third-order valence-electron chi connectivity index (χ3n) is 6.32. The van der Waals surface area contributed by atoms with Crippen LogP contribution in [0, 0.1) is 5.92 Å². The molecular formula is C29H29F2NO4. The van der Waals surface area contributed by atoms with Gasteiger partial charge in [0.25, 0.3) is 5.91 Å². The zero-order valence-electron chi connectivity index (χ0n) is 20.0. The summed E-state index contributed by atoms with van der Waals surface area (Å²) in [6.45, 7) is 0. The summed E-state index contributed by atoms with van der Waals surface area (Å²) in [5.41, 5.74) is 1.07. The summed E-state index contributed by atoms with van der Waals surface area (Å²) in [4.78, 5) is 25.9. The lowest BCUT2D eigenvalue weighted by Gasteiger charge is -2.24. The number of ether oxygens (including phenoxy) is 2. The summed E-state index contributed by atoms with van der Waals surface area (Å²) in [5, 5.41) is 2.81. The van der Waals surface area contributed by atoms with Crippen LogP contribution in [-0.4, -0.2) is 31.3 Å². The Labute approximate surface area is 209 Å². The molecule has 4 rings (SSSR count). The Morgan fingerprint density at radius 2 is 1.97 bits per heavy atom. The van der Waals surface area contributed by atoms with Crippen molar-refractivity contribution < 1.29 is 27.8 Å². The number of allylic oxidation sites excluding steroid dienone is 10. The number of nitrogens with one attached hydrogen (secondary N) is 1. The maximum absolute atomic E-state index is 14.6. The number of benzene rings is 1. The van der Waals surface area contributed by atoms with Gasteiger partial charge in [-0.25, -0.2) is 13.6 Å². The molecule has 0 aliphatic heterocycles. The van der Waals surface area contributed by atoms with E-state index < -0.39 is 30.1 Å². The summed E-state index contributed by atoms with van der Waals surface area (Å²) in [6, 6.07) is 4.57. The van der Waals surface area contributed by atoms with Crippen LogP contribution in [0.3, 0.4) is 0 Å². The van der Waals surface area contributed by atoms with Crippen LogP contribution in [0.4, 0.5) is 8.78 Å². The van der Waals surface area contributed by atoms with Crippen molar-refractivity contribution in [2.45, 2.75) is 43.9 Å². The van der Waals surface area contributed by atoms with E-state index >= 15 is 0 Å². The van der Waals surface area contributed by atoms with Crippen molar-refractivity contribution in [3.8, 4) is 5.75 Å². The second-order valence-electron chi connectivity index (χ2n) is 8.86. The van der Waals surface area contributed by atoms with Gasteiger partial charge in [0.2, 0.25) is 0 Å². The highest BCUT2D eigenvalue weighted by Gasteiger charge is 2.29. The third-order valence-corrected chi connectivity index (χ3v) is 6.32. The Kier molecular flexibility index (Phi) is 8.31. The fourth-order valence-electron chi connectivity index (χ4n) is 4.39. The van der Waals surface area contributed by atoms with Gasteiger partial charge in [-0.3, -0.25) is 4.79 Å². The fraction of sp³-hybridized carbons (Fsp3) is 0.310. The van der Waals surface area contributed by atoms with E-state index in [1.807, 2.05) is 30.4 Å². The van der Waals surface area contributed by atoms with Crippen LogP contribution in [0.1, 0.15) is 47.5 Å². The van der Waals surface area contributed by atoms with E-state index in [1.54, 1.807) is 18.2 Å². The highest BCUT2D eigenvalue weighted by atomic mass is 19.1. The molecule has 0 bridgehead atoms. The number of hydrogen-bond acceptors (Lipinski definition) is 4. The number of carbonyl (C=O) groups is 2. The lowest BCUT2D eigenvalue weighted by atomic mass is 9.86. The third kappa shape index (κ3) is 6.27. The van der Waals surface area contributed by atoms with E-state index in [9.17, 15) is 18.4 Å². The Balaban J connectivity index is 1.61. The van der Waals surface area contributed by atoms with Gasteiger partial charge in [-0.05, 0) is 42.5 Å². The first-order valence-electron chi connectivity index (χ1n) is 12.0. The molecule has 3 aliphatic rings. The maximum Gasteiger partial charge on any atom is 0.335 e. The van der Waals surface area contributed by atoms with E-state index in [0.717, 1.165) is 12.8 Å². The highest BCUT2D eigenvalue weighted by Crippen LogP contribution is 2.34. The molecule has 0 fully saturated rings. The summed E-state index contributed by atoms with van der Waals surface area (Å²) in [6.07, 6.45) is 16.6. The quantitative estimate of drug-likeness (QED) is 0.221.